The third kappa shape index (κ3) is 12.1. The van der Waals surface area contributed by atoms with Crippen LogP contribution in [-0.2, 0) is 4.74 Å². The molecule has 9 heavy (non-hydrogen) atoms. The first-order valence-electron chi connectivity index (χ1n) is 2.34. The molecule has 0 bridgehead atoms. The van der Waals surface area contributed by atoms with Gasteiger partial charge in [-0.25, -0.2) is 0 Å². The van der Waals surface area contributed by atoms with E-state index in [4.69, 9.17) is 4.74 Å². The molecule has 0 saturated heterocycles. The Morgan fingerprint density at radius 1 is 1.44 bits per heavy atom. The van der Waals surface area contributed by atoms with Gasteiger partial charge in [0.1, 0.15) is 5.60 Å². The predicted molar refractivity (Wildman–Crippen MR) is 49.6 cm³/mol. The molecule has 0 N–H and O–H groups in total. The fourth-order valence-electron chi connectivity index (χ4n) is 0.262. The van der Waals surface area contributed by atoms with Crippen LogP contribution >= 0.6 is 24.8 Å². The molecule has 0 aliphatic rings. The molecule has 0 spiro atoms. The normalized spacial score (nSPS) is 9.78. The third-order valence-electron chi connectivity index (χ3n) is 0.393. The van der Waals surface area contributed by atoms with Gasteiger partial charge in [-0.1, -0.05) is 12.6 Å². The van der Waals surface area contributed by atoms with Crippen LogP contribution in [0.25, 0.3) is 0 Å². The van der Waals surface area contributed by atoms with Crippen LogP contribution in [0.4, 0.5) is 0 Å². The molecule has 0 saturated carbocycles. The molecule has 4 heteroatoms. The first-order valence-corrected chi connectivity index (χ1v) is 3.19. The van der Waals surface area contributed by atoms with Crippen molar-refractivity contribution in [3.8, 4) is 0 Å². The van der Waals surface area contributed by atoms with Crippen molar-refractivity contribution in [2.75, 3.05) is 0 Å². The second-order valence-electron chi connectivity index (χ2n) is 2.48. The standard InChI is InChI=1S/C5H10OS2.Li.H/c1-5(2,3)6-4(7)8;;/h1-3H3,(H,7,8);;. The van der Waals surface area contributed by atoms with Crippen LogP contribution in [0.1, 0.15) is 20.8 Å². The molecule has 1 nitrogen and oxygen atoms in total. The third-order valence-corrected chi connectivity index (χ3v) is 0.568. The summed E-state index contributed by atoms with van der Waals surface area (Å²) < 4.78 is 5.34. The van der Waals surface area contributed by atoms with Crippen LogP contribution in [-0.4, -0.2) is 28.8 Å². The summed E-state index contributed by atoms with van der Waals surface area (Å²) >= 11 is 8.39. The zero-order valence-electron chi connectivity index (χ0n) is 5.26. The van der Waals surface area contributed by atoms with Gasteiger partial charge in [0.2, 0.25) is 4.38 Å². The van der Waals surface area contributed by atoms with Crippen molar-refractivity contribution in [3.05, 3.63) is 0 Å². The summed E-state index contributed by atoms with van der Waals surface area (Å²) in [5, 5.41) is 0. The topological polar surface area (TPSA) is 9.23 Å². The van der Waals surface area contributed by atoms with Gasteiger partial charge in [0.15, 0.2) is 0 Å². The molecule has 0 heterocycles. The van der Waals surface area contributed by atoms with Crippen molar-refractivity contribution in [2.45, 2.75) is 26.4 Å². The van der Waals surface area contributed by atoms with E-state index in [0.29, 0.717) is 4.38 Å². The summed E-state index contributed by atoms with van der Waals surface area (Å²) in [6, 6.07) is 0. The van der Waals surface area contributed by atoms with Crippen LogP contribution in [0.15, 0.2) is 0 Å². The van der Waals surface area contributed by atoms with Gasteiger partial charge in [-0.2, -0.15) is 0 Å². The van der Waals surface area contributed by atoms with Crippen LogP contribution in [0.2, 0.25) is 0 Å². The molecule has 0 aromatic heterocycles. The van der Waals surface area contributed by atoms with Crippen LogP contribution in [0.3, 0.4) is 0 Å². The van der Waals surface area contributed by atoms with Crippen molar-refractivity contribution >= 4 is 48.1 Å². The van der Waals surface area contributed by atoms with E-state index < -0.39 is 0 Å². The summed E-state index contributed by atoms with van der Waals surface area (Å²) in [6.45, 7) is 5.78. The SMILES string of the molecule is CC(C)(C)OC(=S)S.[LiH]. The van der Waals surface area contributed by atoms with E-state index in [2.05, 4.69) is 24.8 Å². The first kappa shape index (κ1) is 12.5. The predicted octanol–water partition coefficient (Wildman–Crippen LogP) is 1.37. The maximum atomic E-state index is 5.03. The Hall–Kier alpha value is 0.837. The number of rotatable bonds is 0. The van der Waals surface area contributed by atoms with Gasteiger partial charge in [0.25, 0.3) is 0 Å². The van der Waals surface area contributed by atoms with Crippen molar-refractivity contribution in [3.63, 3.8) is 0 Å². The molecule has 0 amide bonds. The summed E-state index contributed by atoms with van der Waals surface area (Å²) in [6.07, 6.45) is 0. The average molecular weight is 158 g/mol. The number of thiocarbonyl (C=S) groups is 1. The maximum absolute atomic E-state index is 5.03. The van der Waals surface area contributed by atoms with E-state index >= 15 is 0 Å². The fourth-order valence-corrected chi connectivity index (χ4v) is 0.786. The monoisotopic (exact) mass is 158 g/mol. The van der Waals surface area contributed by atoms with Gasteiger partial charge in [-0.05, 0) is 33.0 Å². The molecule has 0 fully saturated rings. The van der Waals surface area contributed by atoms with Crippen LogP contribution < -0.4 is 0 Å². The van der Waals surface area contributed by atoms with Gasteiger partial charge in [-0.3, -0.25) is 0 Å². The van der Waals surface area contributed by atoms with Gasteiger partial charge in [-0.15, -0.1) is 0 Å². The summed E-state index contributed by atoms with van der Waals surface area (Å²) in [5.74, 6) is 0. The number of hydrogen-bond acceptors (Lipinski definition) is 2. The zero-order chi connectivity index (χ0) is 6.78. The van der Waals surface area contributed by atoms with Crippen molar-refractivity contribution < 1.29 is 4.74 Å². The second-order valence-corrected chi connectivity index (χ2v) is 3.56. The minimum absolute atomic E-state index is 0. The molecule has 0 aliphatic heterocycles. The fraction of sp³-hybridized carbons (Fsp3) is 0.800. The second kappa shape index (κ2) is 4.62. The first-order chi connectivity index (χ1) is 3.42. The molecule has 0 rings (SSSR count). The van der Waals surface area contributed by atoms with Gasteiger partial charge in [0, 0.05) is 0 Å². The number of ether oxygens (including phenoxy) is 1. The van der Waals surface area contributed by atoms with E-state index in [1.807, 2.05) is 20.8 Å². The van der Waals surface area contributed by atoms with E-state index in [1.165, 1.54) is 0 Å². The summed E-state index contributed by atoms with van der Waals surface area (Å²) in [7, 11) is 0. The molecule has 0 aliphatic carbocycles. The molecule has 0 unspecified atom stereocenters. The molecular formula is C5H11LiOS2. The number of hydrogen-bond donors (Lipinski definition) is 1. The Bertz CT molecular complexity index is 97.6. The van der Waals surface area contributed by atoms with Crippen molar-refractivity contribution in [1.29, 1.82) is 0 Å². The van der Waals surface area contributed by atoms with E-state index in [0.717, 1.165) is 0 Å². The Labute approximate surface area is 79.1 Å². The van der Waals surface area contributed by atoms with Crippen LogP contribution in [0, 0.1) is 0 Å². The average Bonchev–Trinajstić information content (AvgIpc) is 1.21. The summed E-state index contributed by atoms with van der Waals surface area (Å²) in [4.78, 5) is 0. The van der Waals surface area contributed by atoms with Gasteiger partial charge < -0.3 is 4.74 Å². The van der Waals surface area contributed by atoms with E-state index in [9.17, 15) is 0 Å². The molecule has 0 aromatic rings. The Balaban J connectivity index is 0. The molecule has 0 aromatic carbocycles. The molecule has 0 radical (unpaired) electrons. The minimum atomic E-state index is -0.196. The van der Waals surface area contributed by atoms with Crippen molar-refractivity contribution in [2.24, 2.45) is 0 Å². The number of thiol groups is 1. The zero-order valence-corrected chi connectivity index (χ0v) is 6.97. The van der Waals surface area contributed by atoms with E-state index in [1.54, 1.807) is 0 Å². The van der Waals surface area contributed by atoms with E-state index in [-0.39, 0.29) is 24.5 Å². The molecular weight excluding hydrogens is 147 g/mol. The Morgan fingerprint density at radius 3 is 1.78 bits per heavy atom. The van der Waals surface area contributed by atoms with Gasteiger partial charge in [0.05, 0.1) is 0 Å². The molecule has 0 atom stereocenters. The van der Waals surface area contributed by atoms with Crippen LogP contribution in [0.5, 0.6) is 0 Å². The summed E-state index contributed by atoms with van der Waals surface area (Å²) in [5.41, 5.74) is -0.196. The molecule has 50 valence electrons. The Kier molecular flexibility index (Phi) is 6.42. The van der Waals surface area contributed by atoms with Gasteiger partial charge >= 0.3 is 18.9 Å². The Morgan fingerprint density at radius 2 is 1.78 bits per heavy atom. The quantitative estimate of drug-likeness (QED) is 0.324. The van der Waals surface area contributed by atoms with Crippen molar-refractivity contribution in [1.82, 2.24) is 0 Å².